The molecule has 6 heteroatoms. The van der Waals surface area contributed by atoms with Gasteiger partial charge in [-0.15, -0.1) is 0 Å². The van der Waals surface area contributed by atoms with Crippen LogP contribution in [0.3, 0.4) is 0 Å². The topological polar surface area (TPSA) is 67.9 Å². The average molecular weight is 404 g/mol. The molecule has 3 rings (SSSR count). The first-order valence-electron chi connectivity index (χ1n) is 9.51. The van der Waals surface area contributed by atoms with Crippen LogP contribution in [-0.2, 0) is 22.7 Å². The highest BCUT2D eigenvalue weighted by Crippen LogP contribution is 2.29. The summed E-state index contributed by atoms with van der Waals surface area (Å²) in [5, 5.41) is 2.65. The Morgan fingerprint density at radius 3 is 1.87 bits per heavy atom. The van der Waals surface area contributed by atoms with Gasteiger partial charge < -0.3 is 19.7 Å². The maximum atomic E-state index is 13.1. The number of rotatable bonds is 7. The fourth-order valence-corrected chi connectivity index (χ4v) is 3.04. The van der Waals surface area contributed by atoms with Crippen molar-refractivity contribution in [1.82, 2.24) is 4.90 Å². The fourth-order valence-electron chi connectivity index (χ4n) is 3.04. The number of hydrogen-bond donors (Lipinski definition) is 1. The van der Waals surface area contributed by atoms with Crippen molar-refractivity contribution in [3.8, 4) is 11.5 Å². The largest absolute Gasteiger partial charge is 0.497 e. The molecule has 0 saturated heterocycles. The lowest BCUT2D eigenvalue weighted by atomic mass is 10.1. The van der Waals surface area contributed by atoms with E-state index < -0.39 is 11.8 Å². The summed E-state index contributed by atoms with van der Waals surface area (Å²) in [6.07, 6.45) is 0. The molecule has 0 aromatic heterocycles. The maximum absolute atomic E-state index is 13.1. The van der Waals surface area contributed by atoms with E-state index in [1.54, 1.807) is 18.2 Å². The van der Waals surface area contributed by atoms with E-state index in [2.05, 4.69) is 5.32 Å². The molecule has 30 heavy (non-hydrogen) atoms. The van der Waals surface area contributed by atoms with E-state index in [1.807, 2.05) is 60.7 Å². The molecule has 0 unspecified atom stereocenters. The van der Waals surface area contributed by atoms with Crippen LogP contribution in [0.4, 0.5) is 5.69 Å². The molecule has 0 spiro atoms. The molecule has 0 saturated carbocycles. The second-order valence-electron chi connectivity index (χ2n) is 6.65. The Morgan fingerprint density at radius 2 is 1.37 bits per heavy atom. The third-order valence-corrected chi connectivity index (χ3v) is 4.57. The SMILES string of the molecule is COc1ccc(OC)c(NC(=O)C(=O)N(Cc2ccccc2)Cc2ccccc2)c1. The molecule has 0 radical (unpaired) electrons. The summed E-state index contributed by atoms with van der Waals surface area (Å²) >= 11 is 0. The van der Waals surface area contributed by atoms with Crippen LogP contribution in [-0.4, -0.2) is 30.9 Å². The zero-order valence-corrected chi connectivity index (χ0v) is 17.0. The van der Waals surface area contributed by atoms with Crippen molar-refractivity contribution in [2.24, 2.45) is 0 Å². The molecule has 2 amide bonds. The first-order valence-corrected chi connectivity index (χ1v) is 9.51. The van der Waals surface area contributed by atoms with E-state index in [9.17, 15) is 9.59 Å². The van der Waals surface area contributed by atoms with Gasteiger partial charge >= 0.3 is 11.8 Å². The normalized spacial score (nSPS) is 10.2. The molecule has 0 aliphatic carbocycles. The van der Waals surface area contributed by atoms with E-state index in [4.69, 9.17) is 9.47 Å². The van der Waals surface area contributed by atoms with Gasteiger partial charge in [-0.2, -0.15) is 0 Å². The van der Waals surface area contributed by atoms with E-state index in [1.165, 1.54) is 19.1 Å². The third-order valence-electron chi connectivity index (χ3n) is 4.57. The van der Waals surface area contributed by atoms with Crippen molar-refractivity contribution in [1.29, 1.82) is 0 Å². The molecule has 3 aromatic rings. The molecule has 0 heterocycles. The number of hydrogen-bond acceptors (Lipinski definition) is 4. The molecule has 0 aliphatic heterocycles. The number of amides is 2. The molecule has 154 valence electrons. The second kappa shape index (κ2) is 10.1. The zero-order chi connectivity index (χ0) is 21.3. The highest BCUT2D eigenvalue weighted by Gasteiger charge is 2.23. The number of carbonyl (C=O) groups excluding carboxylic acids is 2. The number of carbonyl (C=O) groups is 2. The van der Waals surface area contributed by atoms with Crippen molar-refractivity contribution in [2.75, 3.05) is 19.5 Å². The van der Waals surface area contributed by atoms with Crippen LogP contribution < -0.4 is 14.8 Å². The van der Waals surface area contributed by atoms with E-state index >= 15 is 0 Å². The maximum Gasteiger partial charge on any atom is 0.314 e. The average Bonchev–Trinajstić information content (AvgIpc) is 2.79. The zero-order valence-electron chi connectivity index (χ0n) is 17.0. The quantitative estimate of drug-likeness (QED) is 0.607. The van der Waals surface area contributed by atoms with Gasteiger partial charge in [0.1, 0.15) is 11.5 Å². The molecule has 1 N–H and O–H groups in total. The summed E-state index contributed by atoms with van der Waals surface area (Å²) in [6.45, 7) is 0.633. The van der Waals surface area contributed by atoms with Crippen molar-refractivity contribution in [3.05, 3.63) is 90.0 Å². The lowest BCUT2D eigenvalue weighted by Gasteiger charge is -2.23. The van der Waals surface area contributed by atoms with Gasteiger partial charge in [0.05, 0.1) is 19.9 Å². The molecule has 6 nitrogen and oxygen atoms in total. The number of methoxy groups -OCH3 is 2. The van der Waals surface area contributed by atoms with Gasteiger partial charge in [0.25, 0.3) is 0 Å². The smallest absolute Gasteiger partial charge is 0.314 e. The van der Waals surface area contributed by atoms with Crippen molar-refractivity contribution in [2.45, 2.75) is 13.1 Å². The highest BCUT2D eigenvalue weighted by atomic mass is 16.5. The Balaban J connectivity index is 1.82. The standard InChI is InChI=1S/C24H24N2O4/c1-29-20-13-14-22(30-2)21(15-20)25-23(27)24(28)26(16-18-9-5-3-6-10-18)17-19-11-7-4-8-12-19/h3-15H,16-17H2,1-2H3,(H,25,27). The molecule has 0 bridgehead atoms. The van der Waals surface area contributed by atoms with Gasteiger partial charge in [0.15, 0.2) is 0 Å². The monoisotopic (exact) mass is 404 g/mol. The minimum absolute atomic E-state index is 0.317. The minimum Gasteiger partial charge on any atom is -0.497 e. The van der Waals surface area contributed by atoms with Gasteiger partial charge in [-0.1, -0.05) is 60.7 Å². The predicted molar refractivity (Wildman–Crippen MR) is 115 cm³/mol. The summed E-state index contributed by atoms with van der Waals surface area (Å²) in [6, 6.07) is 24.1. The van der Waals surface area contributed by atoms with Crippen LogP contribution in [0.5, 0.6) is 11.5 Å². The predicted octanol–water partition coefficient (Wildman–Crippen LogP) is 3.87. The lowest BCUT2D eigenvalue weighted by Crippen LogP contribution is -2.39. The van der Waals surface area contributed by atoms with Gasteiger partial charge in [-0.3, -0.25) is 9.59 Å². The van der Waals surface area contributed by atoms with Crippen LogP contribution >= 0.6 is 0 Å². The summed E-state index contributed by atoms with van der Waals surface area (Å²) in [4.78, 5) is 27.4. The molecular weight excluding hydrogens is 380 g/mol. The van der Waals surface area contributed by atoms with Crippen molar-refractivity contribution >= 4 is 17.5 Å². The number of nitrogens with one attached hydrogen (secondary N) is 1. The fraction of sp³-hybridized carbons (Fsp3) is 0.167. The Labute approximate surface area is 176 Å². The first-order chi connectivity index (χ1) is 14.6. The number of ether oxygens (including phenoxy) is 2. The van der Waals surface area contributed by atoms with Crippen LogP contribution in [0, 0.1) is 0 Å². The molecule has 0 aliphatic rings. The van der Waals surface area contributed by atoms with E-state index in [-0.39, 0.29) is 0 Å². The Bertz CT molecular complexity index is 949. The summed E-state index contributed by atoms with van der Waals surface area (Å²) < 4.78 is 10.5. The number of nitrogens with zero attached hydrogens (tertiary/aromatic N) is 1. The van der Waals surface area contributed by atoms with Crippen LogP contribution in [0.15, 0.2) is 78.9 Å². The Morgan fingerprint density at radius 1 is 0.800 bits per heavy atom. The van der Waals surface area contributed by atoms with Crippen LogP contribution in [0.1, 0.15) is 11.1 Å². The van der Waals surface area contributed by atoms with Crippen LogP contribution in [0.25, 0.3) is 0 Å². The van der Waals surface area contributed by atoms with Gasteiger partial charge in [-0.05, 0) is 23.3 Å². The number of benzene rings is 3. The summed E-state index contributed by atoms with van der Waals surface area (Å²) in [7, 11) is 3.02. The highest BCUT2D eigenvalue weighted by molar-refractivity contribution is 6.39. The second-order valence-corrected chi connectivity index (χ2v) is 6.65. The molecular formula is C24H24N2O4. The summed E-state index contributed by atoms with van der Waals surface area (Å²) in [5.41, 5.74) is 2.25. The minimum atomic E-state index is -0.742. The van der Waals surface area contributed by atoms with Gasteiger partial charge in [0.2, 0.25) is 0 Å². The third kappa shape index (κ3) is 5.38. The number of anilines is 1. The summed E-state index contributed by atoms with van der Waals surface area (Å²) in [5.74, 6) is -0.389. The lowest BCUT2D eigenvalue weighted by molar-refractivity contribution is -0.144. The van der Waals surface area contributed by atoms with Crippen molar-refractivity contribution < 1.29 is 19.1 Å². The Kier molecular flexibility index (Phi) is 7.05. The van der Waals surface area contributed by atoms with Crippen molar-refractivity contribution in [3.63, 3.8) is 0 Å². The van der Waals surface area contributed by atoms with Gasteiger partial charge in [0, 0.05) is 19.2 Å². The Hall–Kier alpha value is -3.80. The van der Waals surface area contributed by atoms with Gasteiger partial charge in [-0.25, -0.2) is 0 Å². The molecule has 0 fully saturated rings. The van der Waals surface area contributed by atoms with Crippen LogP contribution in [0.2, 0.25) is 0 Å². The molecule has 0 atom stereocenters. The first kappa shape index (κ1) is 20.9. The van der Waals surface area contributed by atoms with E-state index in [0.29, 0.717) is 30.3 Å². The van der Waals surface area contributed by atoms with E-state index in [0.717, 1.165) is 11.1 Å². The molecule has 3 aromatic carbocycles.